The molecule has 4 heteroatoms. The summed E-state index contributed by atoms with van der Waals surface area (Å²) >= 11 is 0. The van der Waals surface area contributed by atoms with Crippen LogP contribution in [0.3, 0.4) is 0 Å². The van der Waals surface area contributed by atoms with Gasteiger partial charge in [0.2, 0.25) is 5.91 Å². The average Bonchev–Trinajstić information content (AvgIpc) is 2.68. The Morgan fingerprint density at radius 2 is 1.60 bits per heavy atom. The standard InChI is InChI=1S/C21H27N3O/c25-21(23-17-18-7-3-1-4-8-18)19-11-14-24(15-12-19)16-13-22-20-9-5-2-6-10-20/h1-10,19,22H,11-17H2,(H,23,25). The van der Waals surface area contributed by atoms with E-state index in [-0.39, 0.29) is 11.8 Å². The fourth-order valence-corrected chi connectivity index (χ4v) is 3.26. The summed E-state index contributed by atoms with van der Waals surface area (Å²) in [7, 11) is 0. The molecule has 0 bridgehead atoms. The van der Waals surface area contributed by atoms with Crippen LogP contribution in [0.4, 0.5) is 5.69 Å². The first-order valence-electron chi connectivity index (χ1n) is 9.14. The van der Waals surface area contributed by atoms with E-state index in [1.165, 1.54) is 0 Å². The van der Waals surface area contributed by atoms with Gasteiger partial charge in [0.05, 0.1) is 0 Å². The molecule has 25 heavy (non-hydrogen) atoms. The lowest BCUT2D eigenvalue weighted by molar-refractivity contribution is -0.126. The zero-order chi connectivity index (χ0) is 17.3. The molecule has 0 unspecified atom stereocenters. The summed E-state index contributed by atoms with van der Waals surface area (Å²) in [6.07, 6.45) is 1.90. The molecule has 4 nitrogen and oxygen atoms in total. The Morgan fingerprint density at radius 3 is 2.28 bits per heavy atom. The fraction of sp³-hybridized carbons (Fsp3) is 0.381. The molecule has 2 N–H and O–H groups in total. The number of carbonyl (C=O) groups is 1. The molecule has 2 aromatic carbocycles. The highest BCUT2D eigenvalue weighted by atomic mass is 16.1. The Morgan fingerprint density at radius 1 is 0.960 bits per heavy atom. The summed E-state index contributed by atoms with van der Waals surface area (Å²) in [5.41, 5.74) is 2.32. The van der Waals surface area contributed by atoms with Crippen LogP contribution in [0, 0.1) is 5.92 Å². The Labute approximate surface area is 150 Å². The van der Waals surface area contributed by atoms with Gasteiger partial charge in [-0.15, -0.1) is 0 Å². The lowest BCUT2D eigenvalue weighted by Crippen LogP contribution is -2.41. The highest BCUT2D eigenvalue weighted by Crippen LogP contribution is 2.17. The summed E-state index contributed by atoms with van der Waals surface area (Å²) in [4.78, 5) is 14.8. The van der Waals surface area contributed by atoms with E-state index in [1.54, 1.807) is 0 Å². The van der Waals surface area contributed by atoms with E-state index in [2.05, 4.69) is 27.7 Å². The maximum Gasteiger partial charge on any atom is 0.223 e. The monoisotopic (exact) mass is 337 g/mol. The number of nitrogens with zero attached hydrogens (tertiary/aromatic N) is 1. The smallest absolute Gasteiger partial charge is 0.223 e. The van der Waals surface area contributed by atoms with Gasteiger partial charge in [-0.3, -0.25) is 4.79 Å². The molecule has 1 fully saturated rings. The molecule has 2 aromatic rings. The van der Waals surface area contributed by atoms with Gasteiger partial charge in [0.15, 0.2) is 0 Å². The Balaban J connectivity index is 1.33. The number of nitrogens with one attached hydrogen (secondary N) is 2. The van der Waals surface area contributed by atoms with E-state index in [0.29, 0.717) is 6.54 Å². The molecule has 1 heterocycles. The molecule has 0 aliphatic carbocycles. The molecule has 3 rings (SSSR count). The third kappa shape index (κ3) is 5.61. The maximum atomic E-state index is 12.3. The average molecular weight is 337 g/mol. The van der Waals surface area contributed by atoms with Gasteiger partial charge < -0.3 is 15.5 Å². The van der Waals surface area contributed by atoms with Crippen molar-refractivity contribution in [2.24, 2.45) is 5.92 Å². The summed E-state index contributed by atoms with van der Waals surface area (Å²) < 4.78 is 0. The van der Waals surface area contributed by atoms with E-state index in [9.17, 15) is 4.79 Å². The van der Waals surface area contributed by atoms with Crippen LogP contribution in [0.2, 0.25) is 0 Å². The van der Waals surface area contributed by atoms with Gasteiger partial charge in [0.1, 0.15) is 0 Å². The highest BCUT2D eigenvalue weighted by Gasteiger charge is 2.24. The number of rotatable bonds is 7. The van der Waals surface area contributed by atoms with Gasteiger partial charge in [0, 0.05) is 31.2 Å². The second-order valence-corrected chi connectivity index (χ2v) is 6.61. The predicted octanol–water partition coefficient (Wildman–Crippen LogP) is 3.13. The van der Waals surface area contributed by atoms with Gasteiger partial charge in [-0.25, -0.2) is 0 Å². The number of likely N-dealkylation sites (tertiary alicyclic amines) is 1. The number of para-hydroxylation sites is 1. The van der Waals surface area contributed by atoms with Crippen molar-refractivity contribution in [1.82, 2.24) is 10.2 Å². The lowest BCUT2D eigenvalue weighted by Gasteiger charge is -2.31. The van der Waals surface area contributed by atoms with E-state index >= 15 is 0 Å². The van der Waals surface area contributed by atoms with Gasteiger partial charge in [0.25, 0.3) is 0 Å². The normalized spacial score (nSPS) is 15.7. The number of carbonyl (C=O) groups excluding carboxylic acids is 1. The van der Waals surface area contributed by atoms with Crippen LogP contribution in [0.1, 0.15) is 18.4 Å². The molecule has 0 atom stereocenters. The number of piperidine rings is 1. The SMILES string of the molecule is O=C(NCc1ccccc1)C1CCN(CCNc2ccccc2)CC1. The van der Waals surface area contributed by atoms with Crippen molar-refractivity contribution in [3.8, 4) is 0 Å². The second-order valence-electron chi connectivity index (χ2n) is 6.61. The topological polar surface area (TPSA) is 44.4 Å². The van der Waals surface area contributed by atoms with Crippen LogP contribution in [0.15, 0.2) is 60.7 Å². The molecular formula is C21H27N3O. The van der Waals surface area contributed by atoms with Crippen molar-refractivity contribution in [3.05, 3.63) is 66.2 Å². The van der Waals surface area contributed by atoms with E-state index < -0.39 is 0 Å². The minimum absolute atomic E-state index is 0.155. The minimum atomic E-state index is 0.155. The van der Waals surface area contributed by atoms with Crippen molar-refractivity contribution in [2.75, 3.05) is 31.5 Å². The molecule has 1 aliphatic heterocycles. The zero-order valence-corrected chi connectivity index (χ0v) is 14.7. The van der Waals surface area contributed by atoms with Crippen LogP contribution >= 0.6 is 0 Å². The number of hydrogen-bond acceptors (Lipinski definition) is 3. The largest absolute Gasteiger partial charge is 0.384 e. The van der Waals surface area contributed by atoms with Gasteiger partial charge in [-0.1, -0.05) is 48.5 Å². The summed E-state index contributed by atoms with van der Waals surface area (Å²) in [5, 5.41) is 6.52. The molecule has 0 aromatic heterocycles. The van der Waals surface area contributed by atoms with E-state index in [0.717, 1.165) is 50.3 Å². The van der Waals surface area contributed by atoms with Crippen molar-refractivity contribution in [1.29, 1.82) is 0 Å². The number of hydrogen-bond donors (Lipinski definition) is 2. The van der Waals surface area contributed by atoms with Gasteiger partial charge >= 0.3 is 0 Å². The molecule has 0 radical (unpaired) electrons. The third-order valence-corrected chi connectivity index (χ3v) is 4.80. The third-order valence-electron chi connectivity index (χ3n) is 4.80. The molecule has 1 amide bonds. The fourth-order valence-electron chi connectivity index (χ4n) is 3.26. The van der Waals surface area contributed by atoms with Crippen LogP contribution in [-0.4, -0.2) is 37.0 Å². The van der Waals surface area contributed by atoms with Crippen molar-refractivity contribution in [2.45, 2.75) is 19.4 Å². The second kappa shape index (κ2) is 9.23. The van der Waals surface area contributed by atoms with Crippen molar-refractivity contribution >= 4 is 11.6 Å². The number of amides is 1. The molecule has 0 saturated carbocycles. The first-order chi connectivity index (χ1) is 12.3. The van der Waals surface area contributed by atoms with Crippen molar-refractivity contribution in [3.63, 3.8) is 0 Å². The molecule has 132 valence electrons. The van der Waals surface area contributed by atoms with Gasteiger partial charge in [-0.05, 0) is 43.6 Å². The lowest BCUT2D eigenvalue weighted by atomic mass is 9.96. The quantitative estimate of drug-likeness (QED) is 0.816. The van der Waals surface area contributed by atoms with Crippen LogP contribution in [0.5, 0.6) is 0 Å². The van der Waals surface area contributed by atoms with Crippen molar-refractivity contribution < 1.29 is 4.79 Å². The Bertz CT molecular complexity index is 637. The Hall–Kier alpha value is -2.33. The molecule has 1 aliphatic rings. The van der Waals surface area contributed by atoms with Gasteiger partial charge in [-0.2, -0.15) is 0 Å². The maximum absolute atomic E-state index is 12.3. The number of anilines is 1. The summed E-state index contributed by atoms with van der Waals surface area (Å²) in [6.45, 7) is 4.59. The zero-order valence-electron chi connectivity index (χ0n) is 14.7. The molecular weight excluding hydrogens is 310 g/mol. The highest BCUT2D eigenvalue weighted by molar-refractivity contribution is 5.78. The minimum Gasteiger partial charge on any atom is -0.384 e. The Kier molecular flexibility index (Phi) is 6.46. The van der Waals surface area contributed by atoms with Crippen LogP contribution in [-0.2, 0) is 11.3 Å². The first-order valence-corrected chi connectivity index (χ1v) is 9.14. The summed E-state index contributed by atoms with van der Waals surface area (Å²) in [5.74, 6) is 0.355. The molecule has 1 saturated heterocycles. The van der Waals surface area contributed by atoms with Crippen LogP contribution < -0.4 is 10.6 Å². The van der Waals surface area contributed by atoms with Crippen LogP contribution in [0.25, 0.3) is 0 Å². The molecule has 0 spiro atoms. The summed E-state index contributed by atoms with van der Waals surface area (Å²) in [6, 6.07) is 20.4. The number of benzene rings is 2. The van der Waals surface area contributed by atoms with E-state index in [4.69, 9.17) is 0 Å². The predicted molar refractivity (Wildman–Crippen MR) is 102 cm³/mol. The first kappa shape index (κ1) is 17.5. The van der Waals surface area contributed by atoms with E-state index in [1.807, 2.05) is 48.5 Å².